The molecule has 0 N–H and O–H groups in total. The lowest BCUT2D eigenvalue weighted by Crippen LogP contribution is -1.77. The molecular weight excluding hydrogens is 70.0 g/mol. The van der Waals surface area contributed by atoms with E-state index < -0.39 is 0 Å². The molecule has 0 radical (unpaired) electrons. The highest BCUT2D eigenvalue weighted by atomic mass is 16.8. The predicted octanol–water partition coefficient (Wildman–Crippen LogP) is -0.0660. The second-order valence-electron chi connectivity index (χ2n) is 0.574. The number of ether oxygens (including phenoxy) is 1. The molecule has 0 aromatic heterocycles. The van der Waals surface area contributed by atoms with Gasteiger partial charge in [0.1, 0.15) is 1.37 Å². The van der Waals surface area contributed by atoms with E-state index in [4.69, 9.17) is 1.37 Å². The second-order valence-corrected chi connectivity index (χ2v) is 0.574. The zero-order valence-corrected chi connectivity index (χ0v) is 2.47. The van der Waals surface area contributed by atoms with Gasteiger partial charge in [-0.25, -0.2) is 0 Å². The van der Waals surface area contributed by atoms with Gasteiger partial charge >= 0.3 is 0 Å². The van der Waals surface area contributed by atoms with Crippen molar-refractivity contribution in [2.24, 2.45) is 5.16 Å². The monoisotopic (exact) mass is 74.0 g/mol. The van der Waals surface area contributed by atoms with Gasteiger partial charge in [0.2, 0.25) is 6.38 Å². The molecule has 0 aliphatic carbocycles. The summed E-state index contributed by atoms with van der Waals surface area (Å²) in [5.74, 6) is 0. The van der Waals surface area contributed by atoms with Gasteiger partial charge < -0.3 is 9.57 Å². The van der Waals surface area contributed by atoms with E-state index in [9.17, 15) is 0 Å². The molecule has 3 nitrogen and oxygen atoms in total. The van der Waals surface area contributed by atoms with E-state index in [0.717, 1.165) is 0 Å². The topological polar surface area (TPSA) is 30.8 Å². The van der Waals surface area contributed by atoms with Gasteiger partial charge in [-0.1, -0.05) is 5.16 Å². The highest BCUT2D eigenvalue weighted by molar-refractivity contribution is 5.45. The third-order valence-corrected chi connectivity index (χ3v) is 0.278. The predicted molar refractivity (Wildman–Crippen MR) is 15.5 cm³/mol. The van der Waals surface area contributed by atoms with Gasteiger partial charge in [0.25, 0.3) is 6.79 Å². The van der Waals surface area contributed by atoms with Crippen molar-refractivity contribution in [3.05, 3.63) is 0 Å². The summed E-state index contributed by atoms with van der Waals surface area (Å²) < 4.78 is 10.9. The molecule has 1 heterocycles. The first-order valence-electron chi connectivity index (χ1n) is 1.69. The highest BCUT2D eigenvalue weighted by Gasteiger charge is 1.84. The Hall–Kier alpha value is -0.730. The van der Waals surface area contributed by atoms with E-state index in [1.54, 1.807) is 0 Å². The molecule has 0 spiro atoms. The Morgan fingerprint density at radius 2 is 3.20 bits per heavy atom. The molecule has 0 unspecified atom stereocenters. The Balaban J connectivity index is 2.45. The Morgan fingerprint density at radius 3 is 3.40 bits per heavy atom. The first-order chi connectivity index (χ1) is 2.89. The molecule has 1 aliphatic rings. The maximum absolute atomic E-state index is 6.53. The van der Waals surface area contributed by atoms with Gasteiger partial charge in [0, 0.05) is 0 Å². The number of nitrogens with zero attached hydrogens (tertiary/aromatic N) is 1. The number of hydrogen-bond donors (Lipinski definition) is 0. The Kier molecular flexibility index (Phi) is 0.304. The van der Waals surface area contributed by atoms with Crippen LogP contribution in [0, 0.1) is 0 Å². The van der Waals surface area contributed by atoms with Gasteiger partial charge in [0.05, 0.1) is 0 Å². The van der Waals surface area contributed by atoms with Gasteiger partial charge in [-0.15, -0.1) is 0 Å². The van der Waals surface area contributed by atoms with E-state index in [0.29, 0.717) is 0 Å². The molecule has 5 heavy (non-hydrogen) atoms. The number of oxime groups is 1. The molecule has 28 valence electrons. The van der Waals surface area contributed by atoms with Gasteiger partial charge in [0.15, 0.2) is 0 Å². The fourth-order valence-electron chi connectivity index (χ4n) is 0.132. The largest absolute Gasteiger partial charge is 0.441 e. The third kappa shape index (κ3) is 0.289. The van der Waals surface area contributed by atoms with E-state index in [1.165, 1.54) is 0 Å². The van der Waals surface area contributed by atoms with Gasteiger partial charge in [-0.05, 0) is 0 Å². The molecule has 1 rings (SSSR count). The van der Waals surface area contributed by atoms with Crippen LogP contribution in [0.4, 0.5) is 0 Å². The van der Waals surface area contributed by atoms with Crippen LogP contribution in [0.15, 0.2) is 5.16 Å². The minimum absolute atomic E-state index is 0.0961. The third-order valence-electron chi connectivity index (χ3n) is 0.278. The van der Waals surface area contributed by atoms with Crippen LogP contribution >= 0.6 is 0 Å². The van der Waals surface area contributed by atoms with Crippen LogP contribution in [-0.2, 0) is 9.57 Å². The normalized spacial score (nSPS) is 22.4. The molecule has 0 aromatic carbocycles. The van der Waals surface area contributed by atoms with Crippen molar-refractivity contribution in [3.8, 4) is 0 Å². The summed E-state index contributed by atoms with van der Waals surface area (Å²) >= 11 is 0. The molecule has 0 bridgehead atoms. The summed E-state index contributed by atoms with van der Waals surface area (Å²) in [4.78, 5) is 4.23. The standard InChI is InChI=1S/C2H3NO2/c1-3-5-2-4-1/h1H,2H2/i1D. The minimum atomic E-state index is -0.144. The molecular formula is C2H3NO2. The average Bonchev–Trinajstić information content (AvgIpc) is 1.86. The van der Waals surface area contributed by atoms with Crippen molar-refractivity contribution in [2.45, 2.75) is 0 Å². The lowest BCUT2D eigenvalue weighted by atomic mass is 11.4. The van der Waals surface area contributed by atoms with Crippen LogP contribution in [-0.4, -0.2) is 13.2 Å². The van der Waals surface area contributed by atoms with Crippen LogP contribution in [0.2, 0.25) is 0 Å². The molecule has 0 atom stereocenters. The van der Waals surface area contributed by atoms with Crippen LogP contribution in [0.5, 0.6) is 0 Å². The van der Waals surface area contributed by atoms with Crippen LogP contribution in [0.25, 0.3) is 0 Å². The molecule has 3 heteroatoms. The smallest absolute Gasteiger partial charge is 0.257 e. The maximum atomic E-state index is 6.53. The number of hydrogen-bond acceptors (Lipinski definition) is 3. The second kappa shape index (κ2) is 0.924. The summed E-state index contributed by atoms with van der Waals surface area (Å²) in [5, 5.41) is 3.10. The lowest BCUT2D eigenvalue weighted by Gasteiger charge is -1.77. The Labute approximate surface area is 30.6 Å². The molecule has 0 saturated carbocycles. The van der Waals surface area contributed by atoms with E-state index in [1.807, 2.05) is 0 Å². The fourth-order valence-corrected chi connectivity index (χ4v) is 0.132. The van der Waals surface area contributed by atoms with Crippen LogP contribution in [0.3, 0.4) is 0 Å². The first kappa shape index (κ1) is 1.64. The molecule has 0 amide bonds. The molecule has 0 saturated heterocycles. The zero-order chi connectivity index (χ0) is 4.41. The maximum Gasteiger partial charge on any atom is 0.257 e. The zero-order valence-electron chi connectivity index (χ0n) is 3.47. The Morgan fingerprint density at radius 1 is 2.20 bits per heavy atom. The first-order valence-corrected chi connectivity index (χ1v) is 1.19. The van der Waals surface area contributed by atoms with Crippen molar-refractivity contribution >= 4 is 6.38 Å². The van der Waals surface area contributed by atoms with Crippen LogP contribution < -0.4 is 0 Å². The summed E-state index contributed by atoms with van der Waals surface area (Å²) in [6.45, 7) is 0.0961. The molecule has 0 aromatic rings. The average molecular weight is 74.1 g/mol. The van der Waals surface area contributed by atoms with E-state index in [-0.39, 0.29) is 13.2 Å². The van der Waals surface area contributed by atoms with E-state index in [2.05, 4.69) is 14.7 Å². The summed E-state index contributed by atoms with van der Waals surface area (Å²) in [7, 11) is 0. The number of rotatable bonds is 0. The summed E-state index contributed by atoms with van der Waals surface area (Å²) in [6.07, 6.45) is -0.144. The Bertz CT molecular complexity index is 81.6. The van der Waals surface area contributed by atoms with Gasteiger partial charge in [-0.3, -0.25) is 0 Å². The molecule has 0 fully saturated rings. The molecule has 1 aliphatic heterocycles. The van der Waals surface area contributed by atoms with Crippen molar-refractivity contribution in [3.63, 3.8) is 0 Å². The van der Waals surface area contributed by atoms with Gasteiger partial charge in [-0.2, -0.15) is 0 Å². The lowest BCUT2D eigenvalue weighted by molar-refractivity contribution is 0.0595. The van der Waals surface area contributed by atoms with Crippen LogP contribution in [0.1, 0.15) is 1.37 Å². The summed E-state index contributed by atoms with van der Waals surface area (Å²) in [5.41, 5.74) is 0. The minimum Gasteiger partial charge on any atom is -0.441 e. The summed E-state index contributed by atoms with van der Waals surface area (Å²) in [6, 6.07) is 0. The highest BCUT2D eigenvalue weighted by Crippen LogP contribution is 1.81. The quantitative estimate of drug-likeness (QED) is 0.403. The van der Waals surface area contributed by atoms with Crippen molar-refractivity contribution < 1.29 is 10.9 Å². The van der Waals surface area contributed by atoms with Crippen molar-refractivity contribution in [2.75, 3.05) is 6.79 Å². The van der Waals surface area contributed by atoms with E-state index >= 15 is 0 Å². The SMILES string of the molecule is [2H]C1=NOCO1. The van der Waals surface area contributed by atoms with Crippen molar-refractivity contribution in [1.29, 1.82) is 0 Å². The van der Waals surface area contributed by atoms with Crippen molar-refractivity contribution in [1.82, 2.24) is 0 Å². The fraction of sp³-hybridized carbons (Fsp3) is 0.500.